The number of anilines is 1. The first-order valence-electron chi connectivity index (χ1n) is 6.97. The standard InChI is InChI=1S/C16H16N4OS/c1-10-6-3-4-7-12(10)18-15(21)11(2)22-16-19-13-8-5-9-17-14(13)20-16/h3-9,11H,1-2H3,(H,18,21)(H,17,19,20)/t11-/m0/s1. The van der Waals surface area contributed by atoms with Gasteiger partial charge < -0.3 is 10.3 Å². The Morgan fingerprint density at radius 1 is 1.27 bits per heavy atom. The molecule has 2 aromatic heterocycles. The van der Waals surface area contributed by atoms with Gasteiger partial charge in [0.1, 0.15) is 0 Å². The molecular weight excluding hydrogens is 296 g/mol. The van der Waals surface area contributed by atoms with E-state index in [4.69, 9.17) is 0 Å². The first kappa shape index (κ1) is 14.6. The lowest BCUT2D eigenvalue weighted by atomic mass is 10.2. The highest BCUT2D eigenvalue weighted by Gasteiger charge is 2.17. The maximum atomic E-state index is 12.3. The van der Waals surface area contributed by atoms with Gasteiger partial charge in [-0.05, 0) is 37.6 Å². The van der Waals surface area contributed by atoms with Crippen LogP contribution < -0.4 is 5.32 Å². The number of hydrogen-bond donors (Lipinski definition) is 2. The summed E-state index contributed by atoms with van der Waals surface area (Å²) in [5, 5.41) is 3.38. The zero-order valence-corrected chi connectivity index (χ0v) is 13.1. The van der Waals surface area contributed by atoms with Crippen molar-refractivity contribution in [3.8, 4) is 0 Å². The Morgan fingerprint density at radius 2 is 2.09 bits per heavy atom. The average molecular weight is 312 g/mol. The molecule has 0 unspecified atom stereocenters. The average Bonchev–Trinajstić information content (AvgIpc) is 2.91. The molecule has 0 saturated heterocycles. The first-order chi connectivity index (χ1) is 10.6. The molecule has 2 N–H and O–H groups in total. The van der Waals surface area contributed by atoms with Gasteiger partial charge in [-0.3, -0.25) is 4.79 Å². The van der Waals surface area contributed by atoms with E-state index in [-0.39, 0.29) is 11.2 Å². The Hall–Kier alpha value is -2.34. The predicted octanol–water partition coefficient (Wildman–Crippen LogP) is 3.39. The van der Waals surface area contributed by atoms with Crippen molar-refractivity contribution in [3.63, 3.8) is 0 Å². The molecule has 0 spiro atoms. The Balaban J connectivity index is 1.69. The van der Waals surface area contributed by atoms with Crippen molar-refractivity contribution in [1.29, 1.82) is 0 Å². The Labute approximate surface area is 132 Å². The molecule has 0 radical (unpaired) electrons. The molecule has 0 saturated carbocycles. The van der Waals surface area contributed by atoms with E-state index < -0.39 is 0 Å². The van der Waals surface area contributed by atoms with Crippen molar-refractivity contribution in [3.05, 3.63) is 48.2 Å². The predicted molar refractivity (Wildman–Crippen MR) is 89.0 cm³/mol. The molecule has 2 heterocycles. The monoisotopic (exact) mass is 312 g/mol. The van der Waals surface area contributed by atoms with Crippen LogP contribution in [-0.4, -0.2) is 26.1 Å². The quantitative estimate of drug-likeness (QED) is 0.725. The number of carbonyl (C=O) groups is 1. The minimum atomic E-state index is -0.264. The summed E-state index contributed by atoms with van der Waals surface area (Å²) in [4.78, 5) is 24.0. The fourth-order valence-electron chi connectivity index (χ4n) is 2.05. The largest absolute Gasteiger partial charge is 0.332 e. The lowest BCUT2D eigenvalue weighted by Crippen LogP contribution is -2.22. The molecule has 1 atom stereocenters. The number of nitrogens with zero attached hydrogens (tertiary/aromatic N) is 2. The third-order valence-corrected chi connectivity index (χ3v) is 4.28. The summed E-state index contributed by atoms with van der Waals surface area (Å²) in [5.74, 6) is -0.0484. The molecule has 1 aromatic carbocycles. The van der Waals surface area contributed by atoms with Crippen LogP contribution in [0.25, 0.3) is 11.2 Å². The Bertz CT molecular complexity index is 782. The molecule has 112 valence electrons. The molecule has 0 fully saturated rings. The van der Waals surface area contributed by atoms with Crippen LogP contribution in [0.4, 0.5) is 5.69 Å². The highest BCUT2D eigenvalue weighted by Crippen LogP contribution is 2.24. The van der Waals surface area contributed by atoms with Crippen LogP contribution in [-0.2, 0) is 4.79 Å². The topological polar surface area (TPSA) is 70.7 Å². The third-order valence-electron chi connectivity index (χ3n) is 3.30. The van der Waals surface area contributed by atoms with Gasteiger partial charge in [0.05, 0.1) is 10.8 Å². The summed E-state index contributed by atoms with van der Waals surface area (Å²) in [6, 6.07) is 11.5. The number of H-pyrrole nitrogens is 1. The van der Waals surface area contributed by atoms with Gasteiger partial charge in [0.15, 0.2) is 10.8 Å². The lowest BCUT2D eigenvalue weighted by molar-refractivity contribution is -0.115. The van der Waals surface area contributed by atoms with Crippen LogP contribution in [0.1, 0.15) is 12.5 Å². The number of aromatic nitrogens is 3. The second-order valence-corrected chi connectivity index (χ2v) is 6.31. The molecule has 5 nitrogen and oxygen atoms in total. The van der Waals surface area contributed by atoms with Crippen molar-refractivity contribution in [2.75, 3.05) is 5.32 Å². The van der Waals surface area contributed by atoms with E-state index >= 15 is 0 Å². The second kappa shape index (κ2) is 6.19. The van der Waals surface area contributed by atoms with Gasteiger partial charge in [-0.25, -0.2) is 9.97 Å². The Kier molecular flexibility index (Phi) is 4.11. The third kappa shape index (κ3) is 3.12. The number of aromatic amines is 1. The molecule has 1 amide bonds. The number of nitrogens with one attached hydrogen (secondary N) is 2. The van der Waals surface area contributed by atoms with E-state index in [1.807, 2.05) is 50.2 Å². The lowest BCUT2D eigenvalue weighted by Gasteiger charge is -2.12. The minimum Gasteiger partial charge on any atom is -0.332 e. The van der Waals surface area contributed by atoms with Gasteiger partial charge in [0.25, 0.3) is 0 Å². The van der Waals surface area contributed by atoms with Crippen LogP contribution in [0.15, 0.2) is 47.8 Å². The fourth-order valence-corrected chi connectivity index (χ4v) is 2.86. The van der Waals surface area contributed by atoms with E-state index in [9.17, 15) is 4.79 Å². The van der Waals surface area contributed by atoms with Crippen molar-refractivity contribution in [2.24, 2.45) is 0 Å². The molecule has 6 heteroatoms. The maximum absolute atomic E-state index is 12.3. The van der Waals surface area contributed by atoms with Crippen LogP contribution >= 0.6 is 11.8 Å². The number of pyridine rings is 1. The maximum Gasteiger partial charge on any atom is 0.237 e. The number of carbonyl (C=O) groups excluding carboxylic acids is 1. The van der Waals surface area contributed by atoms with Crippen LogP contribution in [0.2, 0.25) is 0 Å². The van der Waals surface area contributed by atoms with Crippen LogP contribution in [0, 0.1) is 6.92 Å². The highest BCUT2D eigenvalue weighted by molar-refractivity contribution is 8.00. The van der Waals surface area contributed by atoms with Gasteiger partial charge in [-0.1, -0.05) is 30.0 Å². The van der Waals surface area contributed by atoms with Gasteiger partial charge in [-0.2, -0.15) is 0 Å². The van der Waals surface area contributed by atoms with E-state index in [1.165, 1.54) is 11.8 Å². The molecule has 3 rings (SSSR count). The number of aryl methyl sites for hydroxylation is 1. The molecule has 0 bridgehead atoms. The number of thioether (sulfide) groups is 1. The second-order valence-electron chi connectivity index (χ2n) is 4.98. The van der Waals surface area contributed by atoms with E-state index in [0.29, 0.717) is 10.8 Å². The molecule has 0 aliphatic carbocycles. The smallest absolute Gasteiger partial charge is 0.237 e. The Morgan fingerprint density at radius 3 is 2.86 bits per heavy atom. The summed E-state index contributed by atoms with van der Waals surface area (Å²) in [6.45, 7) is 3.83. The van der Waals surface area contributed by atoms with Gasteiger partial charge in [0, 0.05) is 11.9 Å². The van der Waals surface area contributed by atoms with Crippen molar-refractivity contribution >= 4 is 34.5 Å². The van der Waals surface area contributed by atoms with Gasteiger partial charge >= 0.3 is 0 Å². The van der Waals surface area contributed by atoms with Crippen molar-refractivity contribution in [1.82, 2.24) is 15.0 Å². The summed E-state index contributed by atoms with van der Waals surface area (Å²) < 4.78 is 0. The fraction of sp³-hybridized carbons (Fsp3) is 0.188. The molecule has 22 heavy (non-hydrogen) atoms. The zero-order valence-electron chi connectivity index (χ0n) is 12.3. The van der Waals surface area contributed by atoms with Gasteiger partial charge in [-0.15, -0.1) is 0 Å². The highest BCUT2D eigenvalue weighted by atomic mass is 32.2. The summed E-state index contributed by atoms with van der Waals surface area (Å²) in [5.41, 5.74) is 3.42. The van der Waals surface area contributed by atoms with Crippen LogP contribution in [0.5, 0.6) is 0 Å². The summed E-state index contributed by atoms with van der Waals surface area (Å²) in [7, 11) is 0. The number of hydrogen-bond acceptors (Lipinski definition) is 4. The zero-order chi connectivity index (χ0) is 15.5. The summed E-state index contributed by atoms with van der Waals surface area (Å²) >= 11 is 1.38. The SMILES string of the molecule is Cc1ccccc1NC(=O)[C@H](C)Sc1nc2ncccc2[nH]1. The van der Waals surface area contributed by atoms with Gasteiger partial charge in [0.2, 0.25) is 5.91 Å². The number of benzene rings is 1. The van der Waals surface area contributed by atoms with Crippen molar-refractivity contribution < 1.29 is 4.79 Å². The molecule has 0 aliphatic heterocycles. The normalized spacial score (nSPS) is 12.3. The van der Waals surface area contributed by atoms with Crippen molar-refractivity contribution in [2.45, 2.75) is 24.3 Å². The van der Waals surface area contributed by atoms with E-state index in [1.54, 1.807) is 6.20 Å². The molecular formula is C16H16N4OS. The number of para-hydroxylation sites is 1. The molecule has 0 aliphatic rings. The number of amides is 1. The number of rotatable bonds is 4. The number of imidazole rings is 1. The van der Waals surface area contributed by atoms with E-state index in [0.717, 1.165) is 16.8 Å². The van der Waals surface area contributed by atoms with Crippen LogP contribution in [0.3, 0.4) is 0 Å². The molecule has 3 aromatic rings. The summed E-state index contributed by atoms with van der Waals surface area (Å²) in [6.07, 6.45) is 1.70. The first-order valence-corrected chi connectivity index (χ1v) is 7.85. The minimum absolute atomic E-state index is 0.0484. The number of fused-ring (bicyclic) bond motifs is 1. The van der Waals surface area contributed by atoms with E-state index in [2.05, 4.69) is 20.3 Å².